The van der Waals surface area contributed by atoms with Gasteiger partial charge in [-0.05, 0) is 34.7 Å². The van der Waals surface area contributed by atoms with Crippen LogP contribution in [0.25, 0.3) is 10.9 Å². The molecular formula is C7H4FIN2. The van der Waals surface area contributed by atoms with E-state index in [0.29, 0.717) is 10.4 Å². The summed E-state index contributed by atoms with van der Waals surface area (Å²) >= 11 is 2.13. The van der Waals surface area contributed by atoms with E-state index in [0.717, 1.165) is 8.96 Å². The van der Waals surface area contributed by atoms with Crippen LogP contribution in [0.4, 0.5) is 4.48 Å². The van der Waals surface area contributed by atoms with Gasteiger partial charge in [-0.1, -0.05) is 15.5 Å². The number of hydrogen-bond acceptors (Lipinski definition) is 1. The highest BCUT2D eigenvalue weighted by Crippen LogP contribution is 2.16. The predicted octanol–water partition coefficient (Wildman–Crippen LogP) is 2.37. The molecule has 0 saturated heterocycles. The van der Waals surface area contributed by atoms with Gasteiger partial charge >= 0.3 is 0 Å². The Bertz CT molecular complexity index is 396. The minimum atomic E-state index is 0.386. The zero-order valence-corrected chi connectivity index (χ0v) is 7.62. The molecule has 0 aliphatic rings. The molecule has 1 heterocycles. The summed E-state index contributed by atoms with van der Waals surface area (Å²) < 4.78 is 13.7. The molecule has 11 heavy (non-hydrogen) atoms. The quantitative estimate of drug-likeness (QED) is 0.666. The Hall–Kier alpha value is -0.650. The SMILES string of the molecule is Fn1ncc2ccc(I)cc21. The van der Waals surface area contributed by atoms with Crippen LogP contribution in [0, 0.1) is 3.57 Å². The highest BCUT2D eigenvalue weighted by molar-refractivity contribution is 14.1. The second kappa shape index (κ2) is 2.44. The van der Waals surface area contributed by atoms with E-state index in [-0.39, 0.29) is 0 Å². The average molecular weight is 262 g/mol. The summed E-state index contributed by atoms with van der Waals surface area (Å²) in [6.45, 7) is 0. The Kier molecular flexibility index (Phi) is 1.56. The molecule has 1 aromatic carbocycles. The lowest BCUT2D eigenvalue weighted by molar-refractivity contribution is 0.332. The summed E-state index contributed by atoms with van der Waals surface area (Å²) in [6.07, 6.45) is 1.51. The number of nitrogens with zero attached hydrogens (tertiary/aromatic N) is 2. The molecule has 0 N–H and O–H groups in total. The van der Waals surface area contributed by atoms with Crippen molar-refractivity contribution in [2.24, 2.45) is 0 Å². The van der Waals surface area contributed by atoms with Crippen molar-refractivity contribution in [3.05, 3.63) is 28.0 Å². The third-order valence-corrected chi connectivity index (χ3v) is 2.16. The number of rotatable bonds is 0. The van der Waals surface area contributed by atoms with Crippen LogP contribution in [0.2, 0.25) is 0 Å². The predicted molar refractivity (Wildman–Crippen MR) is 49.0 cm³/mol. The van der Waals surface area contributed by atoms with Gasteiger partial charge in [0.1, 0.15) is 5.52 Å². The number of benzene rings is 1. The molecule has 0 fully saturated rings. The first-order valence-electron chi connectivity index (χ1n) is 3.07. The van der Waals surface area contributed by atoms with E-state index in [9.17, 15) is 4.48 Å². The minimum absolute atomic E-state index is 0.386. The van der Waals surface area contributed by atoms with Crippen molar-refractivity contribution in [3.8, 4) is 0 Å². The normalized spacial score (nSPS) is 10.7. The first kappa shape index (κ1) is 7.02. The standard InChI is InChI=1S/C7H4FIN2/c8-11-7-3-6(9)2-1-5(7)4-10-11/h1-4H. The number of aromatic nitrogens is 2. The Labute approximate surface area is 76.1 Å². The second-order valence-corrected chi connectivity index (χ2v) is 3.45. The van der Waals surface area contributed by atoms with Crippen molar-refractivity contribution in [2.45, 2.75) is 0 Å². The summed E-state index contributed by atoms with van der Waals surface area (Å²) in [6, 6.07) is 5.52. The topological polar surface area (TPSA) is 17.8 Å². The summed E-state index contributed by atoms with van der Waals surface area (Å²) in [4.78, 5) is 0.386. The zero-order valence-electron chi connectivity index (χ0n) is 5.46. The van der Waals surface area contributed by atoms with Crippen LogP contribution in [0.15, 0.2) is 24.4 Å². The van der Waals surface area contributed by atoms with Crippen molar-refractivity contribution in [2.75, 3.05) is 0 Å². The van der Waals surface area contributed by atoms with Crippen LogP contribution >= 0.6 is 22.6 Å². The van der Waals surface area contributed by atoms with Crippen molar-refractivity contribution >= 4 is 33.5 Å². The molecule has 0 amide bonds. The Morgan fingerprint density at radius 3 is 3.09 bits per heavy atom. The monoisotopic (exact) mass is 262 g/mol. The minimum Gasteiger partial charge on any atom is -0.150 e. The zero-order chi connectivity index (χ0) is 7.84. The molecule has 0 radical (unpaired) electrons. The molecule has 0 aliphatic carbocycles. The molecule has 0 atom stereocenters. The van der Waals surface area contributed by atoms with Crippen LogP contribution in [-0.4, -0.2) is 10.0 Å². The van der Waals surface area contributed by atoms with Crippen molar-refractivity contribution in [1.82, 2.24) is 10.0 Å². The maximum absolute atomic E-state index is 12.7. The number of halogens is 2. The van der Waals surface area contributed by atoms with Gasteiger partial charge in [0.25, 0.3) is 0 Å². The van der Waals surface area contributed by atoms with Crippen LogP contribution in [0.1, 0.15) is 0 Å². The Balaban J connectivity index is 2.87. The van der Waals surface area contributed by atoms with Gasteiger partial charge in [-0.15, -0.1) is 5.10 Å². The van der Waals surface area contributed by atoms with Gasteiger partial charge in [-0.25, -0.2) is 0 Å². The van der Waals surface area contributed by atoms with E-state index in [2.05, 4.69) is 27.7 Å². The van der Waals surface area contributed by atoms with E-state index >= 15 is 0 Å². The molecule has 56 valence electrons. The van der Waals surface area contributed by atoms with Gasteiger partial charge in [0.2, 0.25) is 0 Å². The highest BCUT2D eigenvalue weighted by Gasteiger charge is 2.00. The Morgan fingerprint density at radius 2 is 2.27 bits per heavy atom. The molecule has 4 heteroatoms. The summed E-state index contributed by atoms with van der Waals surface area (Å²) in [7, 11) is 0. The molecule has 2 aromatic rings. The molecule has 0 unspecified atom stereocenters. The van der Waals surface area contributed by atoms with Crippen molar-refractivity contribution < 1.29 is 4.48 Å². The molecule has 2 rings (SSSR count). The van der Waals surface area contributed by atoms with Gasteiger partial charge in [-0.2, -0.15) is 0 Å². The van der Waals surface area contributed by atoms with E-state index in [4.69, 9.17) is 0 Å². The molecule has 0 spiro atoms. The van der Waals surface area contributed by atoms with Gasteiger partial charge < -0.3 is 0 Å². The lowest BCUT2D eigenvalue weighted by Gasteiger charge is -1.90. The fraction of sp³-hybridized carbons (Fsp3) is 0. The summed E-state index contributed by atoms with van der Waals surface area (Å²) in [5, 5.41) is 4.31. The third-order valence-electron chi connectivity index (χ3n) is 1.49. The van der Waals surface area contributed by atoms with E-state index in [1.54, 1.807) is 6.07 Å². The fourth-order valence-electron chi connectivity index (χ4n) is 0.961. The summed E-state index contributed by atoms with van der Waals surface area (Å²) in [5.74, 6) is 0. The number of fused-ring (bicyclic) bond motifs is 1. The van der Waals surface area contributed by atoms with Gasteiger partial charge in [-0.3, -0.25) is 0 Å². The van der Waals surface area contributed by atoms with Crippen LogP contribution in [0.5, 0.6) is 0 Å². The van der Waals surface area contributed by atoms with Crippen LogP contribution < -0.4 is 0 Å². The van der Waals surface area contributed by atoms with E-state index in [1.807, 2.05) is 12.1 Å². The second-order valence-electron chi connectivity index (χ2n) is 2.21. The first-order chi connectivity index (χ1) is 5.27. The molecule has 2 nitrogen and oxygen atoms in total. The average Bonchev–Trinajstić information content (AvgIpc) is 2.33. The summed E-state index contributed by atoms with van der Waals surface area (Å²) in [5.41, 5.74) is 0.525. The molecule has 1 aromatic heterocycles. The number of hydrogen-bond donors (Lipinski definition) is 0. The van der Waals surface area contributed by atoms with E-state index < -0.39 is 0 Å². The van der Waals surface area contributed by atoms with Gasteiger partial charge in [0.15, 0.2) is 0 Å². The maximum atomic E-state index is 12.7. The maximum Gasteiger partial charge on any atom is 0.105 e. The fourth-order valence-corrected chi connectivity index (χ4v) is 1.44. The lowest BCUT2D eigenvalue weighted by Crippen LogP contribution is -1.82. The smallest absolute Gasteiger partial charge is 0.105 e. The van der Waals surface area contributed by atoms with Crippen molar-refractivity contribution in [3.63, 3.8) is 0 Å². The van der Waals surface area contributed by atoms with Crippen LogP contribution in [-0.2, 0) is 0 Å². The molecule has 0 bridgehead atoms. The van der Waals surface area contributed by atoms with Crippen LogP contribution in [0.3, 0.4) is 0 Å². The van der Waals surface area contributed by atoms with E-state index in [1.165, 1.54) is 6.20 Å². The van der Waals surface area contributed by atoms with Crippen molar-refractivity contribution in [1.29, 1.82) is 0 Å². The largest absolute Gasteiger partial charge is 0.150 e. The van der Waals surface area contributed by atoms with Gasteiger partial charge in [0, 0.05) is 8.96 Å². The third kappa shape index (κ3) is 1.11. The molecular weight excluding hydrogens is 258 g/mol. The molecule has 0 aliphatic heterocycles. The van der Waals surface area contributed by atoms with Gasteiger partial charge in [0.05, 0.1) is 6.20 Å². The molecule has 0 saturated carbocycles. The Morgan fingerprint density at radius 1 is 1.45 bits per heavy atom. The first-order valence-corrected chi connectivity index (χ1v) is 4.15. The lowest BCUT2D eigenvalue weighted by atomic mass is 10.3. The highest BCUT2D eigenvalue weighted by atomic mass is 127.